The number of alkyl halides is 3. The highest BCUT2D eigenvalue weighted by molar-refractivity contribution is 6.00. The lowest BCUT2D eigenvalue weighted by Gasteiger charge is -2.28. The van der Waals surface area contributed by atoms with Crippen LogP contribution in [-0.2, 0) is 22.2 Å². The number of halogens is 3. The number of carbonyl (C=O) groups is 3. The molecule has 7 nitrogen and oxygen atoms in total. The minimum absolute atomic E-state index is 0.0544. The van der Waals surface area contributed by atoms with Crippen LogP contribution in [-0.4, -0.2) is 35.5 Å². The van der Waals surface area contributed by atoms with E-state index in [9.17, 15) is 27.6 Å². The van der Waals surface area contributed by atoms with Crippen LogP contribution in [0.3, 0.4) is 0 Å². The number of anilines is 1. The molecule has 1 fully saturated rings. The van der Waals surface area contributed by atoms with E-state index in [0.717, 1.165) is 43.1 Å². The van der Waals surface area contributed by atoms with Crippen LogP contribution in [0.15, 0.2) is 48.5 Å². The molecular formula is C24H26F3N3O4. The van der Waals surface area contributed by atoms with Crippen molar-refractivity contribution in [1.29, 1.82) is 0 Å². The van der Waals surface area contributed by atoms with Gasteiger partial charge in [0.05, 0.1) is 17.7 Å². The van der Waals surface area contributed by atoms with Crippen LogP contribution in [0, 0.1) is 0 Å². The number of benzene rings is 2. The summed E-state index contributed by atoms with van der Waals surface area (Å²) in [5, 5.41) is 11.5. The zero-order valence-electron chi connectivity index (χ0n) is 18.4. The Labute approximate surface area is 194 Å². The quantitative estimate of drug-likeness (QED) is 0.417. The SMILES string of the molecule is O=C(CN(C(=O)Cc1ccc(C(=O)NO)cc1)c1ccccc1C(F)(F)F)NC1CCCCC1. The van der Waals surface area contributed by atoms with Crippen molar-refractivity contribution in [3.8, 4) is 0 Å². The summed E-state index contributed by atoms with van der Waals surface area (Å²) in [7, 11) is 0. The molecule has 0 aliphatic heterocycles. The molecule has 1 saturated carbocycles. The number of rotatable bonds is 7. The van der Waals surface area contributed by atoms with Gasteiger partial charge in [-0.05, 0) is 42.7 Å². The molecule has 34 heavy (non-hydrogen) atoms. The zero-order chi connectivity index (χ0) is 24.7. The van der Waals surface area contributed by atoms with Crippen LogP contribution in [0.4, 0.5) is 18.9 Å². The van der Waals surface area contributed by atoms with Gasteiger partial charge in [0.15, 0.2) is 0 Å². The molecule has 0 bridgehead atoms. The molecule has 3 amide bonds. The molecule has 2 aromatic rings. The van der Waals surface area contributed by atoms with Gasteiger partial charge in [-0.25, -0.2) is 5.48 Å². The Hall–Kier alpha value is -3.40. The number of nitrogens with one attached hydrogen (secondary N) is 2. The van der Waals surface area contributed by atoms with Gasteiger partial charge >= 0.3 is 6.18 Å². The van der Waals surface area contributed by atoms with E-state index >= 15 is 0 Å². The Bertz CT molecular complexity index is 1020. The molecule has 0 radical (unpaired) electrons. The maximum Gasteiger partial charge on any atom is 0.418 e. The number of para-hydroxylation sites is 1. The number of nitrogens with zero attached hydrogens (tertiary/aromatic N) is 1. The van der Waals surface area contributed by atoms with Crippen molar-refractivity contribution in [2.45, 2.75) is 50.7 Å². The van der Waals surface area contributed by atoms with E-state index < -0.39 is 41.7 Å². The lowest BCUT2D eigenvalue weighted by atomic mass is 9.95. The van der Waals surface area contributed by atoms with E-state index in [1.807, 2.05) is 0 Å². The minimum atomic E-state index is -4.71. The van der Waals surface area contributed by atoms with Crippen LogP contribution in [0.1, 0.15) is 53.6 Å². The molecule has 1 aliphatic rings. The maximum atomic E-state index is 13.7. The largest absolute Gasteiger partial charge is 0.418 e. The number of hydroxylamine groups is 1. The smallest absolute Gasteiger partial charge is 0.352 e. The Kier molecular flexibility index (Phi) is 8.27. The second-order valence-corrected chi connectivity index (χ2v) is 8.21. The predicted molar refractivity (Wildman–Crippen MR) is 118 cm³/mol. The fraction of sp³-hybridized carbons (Fsp3) is 0.375. The van der Waals surface area contributed by atoms with Crippen molar-refractivity contribution in [1.82, 2.24) is 10.8 Å². The monoisotopic (exact) mass is 477 g/mol. The summed E-state index contributed by atoms with van der Waals surface area (Å²) >= 11 is 0. The van der Waals surface area contributed by atoms with Crippen LogP contribution in [0.5, 0.6) is 0 Å². The van der Waals surface area contributed by atoms with Crippen molar-refractivity contribution in [3.05, 3.63) is 65.2 Å². The van der Waals surface area contributed by atoms with Crippen LogP contribution < -0.4 is 15.7 Å². The van der Waals surface area contributed by atoms with E-state index in [2.05, 4.69) is 5.32 Å². The van der Waals surface area contributed by atoms with Crippen LogP contribution in [0.25, 0.3) is 0 Å². The normalized spacial score (nSPS) is 14.4. The molecule has 0 aromatic heterocycles. The van der Waals surface area contributed by atoms with Gasteiger partial charge in [-0.15, -0.1) is 0 Å². The zero-order valence-corrected chi connectivity index (χ0v) is 18.4. The Balaban J connectivity index is 1.84. The van der Waals surface area contributed by atoms with Gasteiger partial charge in [0, 0.05) is 11.6 Å². The van der Waals surface area contributed by atoms with Gasteiger partial charge in [0.2, 0.25) is 11.8 Å². The number of hydrogen-bond acceptors (Lipinski definition) is 4. The first-order chi connectivity index (χ1) is 16.2. The third kappa shape index (κ3) is 6.57. The molecule has 0 atom stereocenters. The molecule has 0 saturated heterocycles. The van der Waals surface area contributed by atoms with Crippen molar-refractivity contribution < 1.29 is 32.8 Å². The first-order valence-electron chi connectivity index (χ1n) is 11.0. The predicted octanol–water partition coefficient (Wildman–Crippen LogP) is 3.85. The summed E-state index contributed by atoms with van der Waals surface area (Å²) in [6, 6.07) is 10.3. The molecule has 0 unspecified atom stereocenters. The highest BCUT2D eigenvalue weighted by Gasteiger charge is 2.36. The summed E-state index contributed by atoms with van der Waals surface area (Å²) in [4.78, 5) is 38.2. The van der Waals surface area contributed by atoms with E-state index in [1.165, 1.54) is 47.9 Å². The van der Waals surface area contributed by atoms with E-state index in [-0.39, 0.29) is 18.0 Å². The topological polar surface area (TPSA) is 98.7 Å². The summed E-state index contributed by atoms with van der Waals surface area (Å²) < 4.78 is 41.0. The third-order valence-corrected chi connectivity index (χ3v) is 5.75. The Morgan fingerprint density at radius 3 is 2.24 bits per heavy atom. The van der Waals surface area contributed by atoms with Gasteiger partial charge < -0.3 is 10.2 Å². The number of amides is 3. The van der Waals surface area contributed by atoms with Gasteiger partial charge in [-0.1, -0.05) is 43.5 Å². The highest BCUT2D eigenvalue weighted by atomic mass is 19.4. The molecule has 182 valence electrons. The summed E-state index contributed by atoms with van der Waals surface area (Å²) in [5.41, 5.74) is 0.663. The molecule has 1 aliphatic carbocycles. The number of carbonyl (C=O) groups excluding carboxylic acids is 3. The van der Waals surface area contributed by atoms with Gasteiger partial charge in [0.25, 0.3) is 5.91 Å². The van der Waals surface area contributed by atoms with Crippen molar-refractivity contribution >= 4 is 23.4 Å². The van der Waals surface area contributed by atoms with Crippen molar-refractivity contribution in [2.24, 2.45) is 0 Å². The van der Waals surface area contributed by atoms with E-state index in [0.29, 0.717) is 5.56 Å². The molecule has 10 heteroatoms. The van der Waals surface area contributed by atoms with Crippen molar-refractivity contribution in [2.75, 3.05) is 11.4 Å². The lowest BCUT2D eigenvalue weighted by Crippen LogP contribution is -2.45. The molecule has 2 aromatic carbocycles. The molecular weight excluding hydrogens is 451 g/mol. The minimum Gasteiger partial charge on any atom is -0.352 e. The van der Waals surface area contributed by atoms with Crippen LogP contribution >= 0.6 is 0 Å². The fourth-order valence-electron chi connectivity index (χ4n) is 4.03. The first-order valence-corrected chi connectivity index (χ1v) is 11.0. The molecule has 0 heterocycles. The van der Waals surface area contributed by atoms with E-state index in [1.54, 1.807) is 0 Å². The van der Waals surface area contributed by atoms with E-state index in [4.69, 9.17) is 5.21 Å². The molecule has 3 rings (SSSR count). The van der Waals surface area contributed by atoms with Gasteiger partial charge in [-0.2, -0.15) is 13.2 Å². The van der Waals surface area contributed by atoms with Gasteiger partial charge in [0.1, 0.15) is 6.54 Å². The standard InChI is InChI=1S/C24H26F3N3O4/c25-24(26,27)19-8-4-5-9-20(19)30(15-21(31)28-18-6-2-1-3-7-18)22(32)14-16-10-12-17(13-11-16)23(33)29-34/h4-5,8-13,18,34H,1-3,6-7,14-15H2,(H,28,31)(H,29,33). The average molecular weight is 477 g/mol. The second-order valence-electron chi connectivity index (χ2n) is 8.21. The third-order valence-electron chi connectivity index (χ3n) is 5.75. The lowest BCUT2D eigenvalue weighted by molar-refractivity contribution is -0.137. The Morgan fingerprint density at radius 2 is 1.62 bits per heavy atom. The summed E-state index contributed by atoms with van der Waals surface area (Å²) in [6.07, 6.45) is -0.393. The fourth-order valence-corrected chi connectivity index (χ4v) is 4.03. The summed E-state index contributed by atoms with van der Waals surface area (Å²) in [6.45, 7) is -0.548. The number of hydrogen-bond donors (Lipinski definition) is 3. The average Bonchev–Trinajstić information content (AvgIpc) is 2.82. The molecule has 3 N–H and O–H groups in total. The van der Waals surface area contributed by atoms with Gasteiger partial charge in [-0.3, -0.25) is 19.6 Å². The second kappa shape index (κ2) is 11.1. The maximum absolute atomic E-state index is 13.7. The Morgan fingerprint density at radius 1 is 0.971 bits per heavy atom. The first kappa shape index (κ1) is 25.2. The van der Waals surface area contributed by atoms with Crippen molar-refractivity contribution in [3.63, 3.8) is 0 Å². The van der Waals surface area contributed by atoms with Crippen LogP contribution in [0.2, 0.25) is 0 Å². The summed E-state index contributed by atoms with van der Waals surface area (Å²) in [5.74, 6) is -1.96. The highest BCUT2D eigenvalue weighted by Crippen LogP contribution is 2.36. The molecule has 0 spiro atoms.